The van der Waals surface area contributed by atoms with E-state index in [4.69, 9.17) is 26.9 Å². The molecule has 1 aliphatic heterocycles. The van der Waals surface area contributed by atoms with Crippen molar-refractivity contribution in [2.24, 2.45) is 0 Å². The first-order chi connectivity index (χ1) is 18.1. The molecule has 2 unspecified atom stereocenters. The van der Waals surface area contributed by atoms with Crippen molar-refractivity contribution in [1.82, 2.24) is 15.3 Å². The summed E-state index contributed by atoms with van der Waals surface area (Å²) >= 11 is 7.22. The van der Waals surface area contributed by atoms with Crippen LogP contribution in [0.2, 0.25) is 0 Å². The van der Waals surface area contributed by atoms with Crippen LogP contribution in [0.4, 0.5) is 20.3 Å². The van der Waals surface area contributed by atoms with Gasteiger partial charge in [0.25, 0.3) is 6.43 Å². The van der Waals surface area contributed by atoms with E-state index in [0.717, 1.165) is 0 Å². The number of aliphatic hydroxyl groups is 1. The lowest BCUT2D eigenvalue weighted by atomic mass is 10.1. The molecule has 3 atom stereocenters. The Morgan fingerprint density at radius 2 is 2.05 bits per heavy atom. The van der Waals surface area contributed by atoms with Crippen molar-refractivity contribution in [3.8, 4) is 11.4 Å². The number of nitrogens with one attached hydrogen (secondary N) is 2. The van der Waals surface area contributed by atoms with E-state index in [1.54, 1.807) is 30.3 Å². The van der Waals surface area contributed by atoms with Crippen molar-refractivity contribution in [3.05, 3.63) is 36.0 Å². The number of aromatic nitrogens is 2. The maximum Gasteiger partial charge on any atom is 0.255 e. The first-order valence-corrected chi connectivity index (χ1v) is 15.5. The van der Waals surface area contributed by atoms with Crippen molar-refractivity contribution < 1.29 is 27.0 Å². The molecule has 1 aromatic carbocycles. The van der Waals surface area contributed by atoms with Crippen molar-refractivity contribution in [2.75, 3.05) is 48.9 Å². The Labute approximate surface area is 239 Å². The molecule has 2 aromatic rings. The lowest BCUT2D eigenvalue weighted by molar-refractivity contribution is 0.0985. The molecule has 2 fully saturated rings. The van der Waals surface area contributed by atoms with E-state index in [0.29, 0.717) is 54.8 Å². The third-order valence-electron chi connectivity index (χ3n) is 6.58. The van der Waals surface area contributed by atoms with Gasteiger partial charge in [0.2, 0.25) is 0 Å². The fourth-order valence-electron chi connectivity index (χ4n) is 4.43. The van der Waals surface area contributed by atoms with Crippen LogP contribution in [0.3, 0.4) is 0 Å². The van der Waals surface area contributed by atoms with Gasteiger partial charge in [-0.25, -0.2) is 27.2 Å². The van der Waals surface area contributed by atoms with E-state index in [1.165, 1.54) is 0 Å². The van der Waals surface area contributed by atoms with Crippen molar-refractivity contribution in [3.63, 3.8) is 0 Å². The fourth-order valence-corrected chi connectivity index (χ4v) is 9.22. The van der Waals surface area contributed by atoms with Gasteiger partial charge in [0.1, 0.15) is 10.6 Å². The summed E-state index contributed by atoms with van der Waals surface area (Å²) in [6.07, 6.45) is -1.91. The van der Waals surface area contributed by atoms with Gasteiger partial charge in [0, 0.05) is 34.4 Å². The van der Waals surface area contributed by atoms with Gasteiger partial charge in [-0.1, -0.05) is 22.6 Å². The monoisotopic (exact) mass is 681 g/mol. The largest absolute Gasteiger partial charge is 0.396 e. The molecule has 1 aromatic heterocycles. The minimum atomic E-state index is -3.59. The molecule has 0 radical (unpaired) electrons. The summed E-state index contributed by atoms with van der Waals surface area (Å²) in [4.78, 5) is 11.7. The van der Waals surface area contributed by atoms with Gasteiger partial charge >= 0.3 is 0 Å². The molecule has 0 bridgehead atoms. The molecule has 2 aliphatic rings. The van der Waals surface area contributed by atoms with E-state index < -0.39 is 27.6 Å². The average Bonchev–Trinajstić information content (AvgIpc) is 3.60. The first kappa shape index (κ1) is 29.2. The van der Waals surface area contributed by atoms with Crippen LogP contribution in [0, 0.1) is 0 Å². The zero-order valence-electron chi connectivity index (χ0n) is 20.7. The summed E-state index contributed by atoms with van der Waals surface area (Å²) in [6.45, 7) is 2.96. The molecule has 1 saturated carbocycles. The number of morpholine rings is 1. The number of nitrogens with zero attached hydrogens (tertiary/aromatic N) is 3. The van der Waals surface area contributed by atoms with E-state index in [1.807, 2.05) is 6.92 Å². The number of aliphatic hydroxyl groups excluding tert-OH is 1. The lowest BCUT2D eigenvalue weighted by Crippen LogP contribution is -2.44. The first-order valence-electron chi connectivity index (χ1n) is 12.2. The molecule has 1 saturated heterocycles. The minimum Gasteiger partial charge on any atom is -0.396 e. The lowest BCUT2D eigenvalue weighted by Gasteiger charge is -2.35. The second-order valence-electron chi connectivity index (χ2n) is 9.31. The predicted molar refractivity (Wildman–Crippen MR) is 155 cm³/mol. The Morgan fingerprint density at radius 1 is 1.34 bits per heavy atom. The Morgan fingerprint density at radius 3 is 2.66 bits per heavy atom. The molecule has 14 heteroatoms. The zero-order chi connectivity index (χ0) is 27.5. The van der Waals surface area contributed by atoms with Crippen LogP contribution < -0.4 is 15.5 Å². The summed E-state index contributed by atoms with van der Waals surface area (Å²) in [5.41, 5.74) is 1.71. The van der Waals surface area contributed by atoms with Crippen molar-refractivity contribution in [1.29, 1.82) is 0 Å². The molecule has 208 valence electrons. The number of anilines is 2. The fraction of sp³-hybridized carbons (Fsp3) is 0.542. The van der Waals surface area contributed by atoms with Gasteiger partial charge in [0.05, 0.1) is 37.2 Å². The van der Waals surface area contributed by atoms with Gasteiger partial charge in [-0.2, -0.15) is 0 Å². The van der Waals surface area contributed by atoms with E-state index in [9.17, 15) is 22.3 Å². The van der Waals surface area contributed by atoms with Crippen LogP contribution in [-0.4, -0.2) is 83.7 Å². The van der Waals surface area contributed by atoms with Gasteiger partial charge in [-0.3, -0.25) is 0 Å². The average molecular weight is 682 g/mol. The Balaban J connectivity index is 1.69. The molecule has 0 spiro atoms. The summed E-state index contributed by atoms with van der Waals surface area (Å²) < 4.78 is 56.0. The number of ether oxygens (including phenoxy) is 1. The standard InChI is InChI=1S/C24H30F2IN5O4S2/c1-15-14-36-9-7-32(15)21-11-19(24(12-18(24)27)38(34,35)10-2-8-33)30-22(31-21)16-3-5-17(6-4-16)29-23(37)28-13-20(25)26/h3-6,11,15,18,20,33H,2,7-10,12-14H2,1H3,(H2,28,29,37)/t15-,18?,24?/m0/s1. The maximum absolute atomic E-state index is 13.4. The van der Waals surface area contributed by atoms with E-state index >= 15 is 0 Å². The van der Waals surface area contributed by atoms with Crippen LogP contribution in [0.5, 0.6) is 0 Å². The van der Waals surface area contributed by atoms with Gasteiger partial charge in [0.15, 0.2) is 20.8 Å². The number of halogens is 3. The van der Waals surface area contributed by atoms with Crippen LogP contribution >= 0.6 is 34.8 Å². The minimum absolute atomic E-state index is 0.0456. The Hall–Kier alpha value is -1.75. The summed E-state index contributed by atoms with van der Waals surface area (Å²) in [5.74, 6) is 0.895. The third kappa shape index (κ3) is 6.35. The van der Waals surface area contributed by atoms with Crippen LogP contribution in [0.15, 0.2) is 30.3 Å². The second kappa shape index (κ2) is 12.2. The molecule has 0 amide bonds. The predicted octanol–water partition coefficient (Wildman–Crippen LogP) is 3.12. The molecule has 3 N–H and O–H groups in total. The Kier molecular flexibility index (Phi) is 9.38. The van der Waals surface area contributed by atoms with Gasteiger partial charge in [-0.15, -0.1) is 0 Å². The zero-order valence-corrected chi connectivity index (χ0v) is 24.5. The number of sulfone groups is 1. The molecular formula is C24H30F2IN5O4S2. The molecule has 38 heavy (non-hydrogen) atoms. The maximum atomic E-state index is 13.4. The summed E-state index contributed by atoms with van der Waals surface area (Å²) in [6, 6.07) is 8.82. The molecule has 1 aliphatic carbocycles. The normalized spacial score (nSPS) is 23.4. The topological polar surface area (TPSA) is 117 Å². The summed E-state index contributed by atoms with van der Waals surface area (Å²) in [5, 5.41) is 14.6. The highest BCUT2D eigenvalue weighted by Gasteiger charge is 2.64. The van der Waals surface area contributed by atoms with Gasteiger partial charge < -0.3 is 25.4 Å². The van der Waals surface area contributed by atoms with Crippen molar-refractivity contribution in [2.45, 2.75) is 40.9 Å². The molecular weight excluding hydrogens is 651 g/mol. The molecule has 2 heterocycles. The number of hydrogen-bond donors (Lipinski definition) is 3. The van der Waals surface area contributed by atoms with E-state index in [-0.39, 0.29) is 33.9 Å². The van der Waals surface area contributed by atoms with Crippen LogP contribution in [-0.2, 0) is 19.3 Å². The number of thiocarbonyl (C=S) groups is 1. The summed E-state index contributed by atoms with van der Waals surface area (Å²) in [7, 11) is -3.59. The Bertz CT molecular complexity index is 1250. The molecule has 9 nitrogen and oxygen atoms in total. The third-order valence-corrected chi connectivity index (χ3v) is 11.3. The SMILES string of the molecule is C[C@H]1COCCN1c1cc(C2(S(=O)(=O)CCCO)CC2I)nc(-c2ccc(NC(=S)NCC(F)F)cc2)n1. The number of rotatable bonds is 10. The molecule has 4 rings (SSSR count). The second-order valence-corrected chi connectivity index (χ2v) is 13.6. The van der Waals surface area contributed by atoms with Crippen molar-refractivity contribution >= 4 is 61.3 Å². The number of benzene rings is 1. The quantitative estimate of drug-likeness (QED) is 0.196. The number of hydrogen-bond acceptors (Lipinski definition) is 8. The highest BCUT2D eigenvalue weighted by Crippen LogP contribution is 2.58. The highest BCUT2D eigenvalue weighted by atomic mass is 127. The van der Waals surface area contributed by atoms with E-state index in [2.05, 4.69) is 38.1 Å². The smallest absolute Gasteiger partial charge is 0.255 e. The van der Waals surface area contributed by atoms with Crippen LogP contribution in [0.1, 0.15) is 25.5 Å². The number of alkyl halides is 3. The van der Waals surface area contributed by atoms with Crippen LogP contribution in [0.25, 0.3) is 11.4 Å². The van der Waals surface area contributed by atoms with Gasteiger partial charge in [-0.05, 0) is 56.2 Å². The highest BCUT2D eigenvalue weighted by molar-refractivity contribution is 14.1.